The highest BCUT2D eigenvalue weighted by Crippen LogP contribution is 2.26. The number of carbonyl (C=O) groups excluding carboxylic acids is 2. The lowest BCUT2D eigenvalue weighted by atomic mass is 9.96. The molecule has 0 fully saturated rings. The van der Waals surface area contributed by atoms with Crippen molar-refractivity contribution in [3.8, 4) is 0 Å². The summed E-state index contributed by atoms with van der Waals surface area (Å²) in [6.45, 7) is 3.50. The lowest BCUT2D eigenvalue weighted by molar-refractivity contribution is 0.0992. The van der Waals surface area contributed by atoms with Gasteiger partial charge in [-0.25, -0.2) is 4.98 Å². The highest BCUT2D eigenvalue weighted by Gasteiger charge is 2.20. The summed E-state index contributed by atoms with van der Waals surface area (Å²) in [6, 6.07) is 14.1. The van der Waals surface area contributed by atoms with E-state index in [1.165, 1.54) is 6.20 Å². The van der Waals surface area contributed by atoms with Crippen molar-refractivity contribution in [3.05, 3.63) is 92.6 Å². The van der Waals surface area contributed by atoms with Crippen molar-refractivity contribution in [1.29, 1.82) is 0 Å². The second-order valence-electron chi connectivity index (χ2n) is 7.89. The van der Waals surface area contributed by atoms with Crippen molar-refractivity contribution < 1.29 is 9.59 Å². The Morgan fingerprint density at radius 1 is 1.09 bits per heavy atom. The zero-order chi connectivity index (χ0) is 23.5. The van der Waals surface area contributed by atoms with Gasteiger partial charge in [-0.1, -0.05) is 47.5 Å². The van der Waals surface area contributed by atoms with Crippen LogP contribution in [0.15, 0.2) is 59.7 Å². The van der Waals surface area contributed by atoms with Crippen molar-refractivity contribution in [2.75, 3.05) is 25.5 Å². The molecule has 1 aliphatic rings. The van der Waals surface area contributed by atoms with Crippen molar-refractivity contribution >= 4 is 46.5 Å². The molecule has 1 aliphatic heterocycles. The number of pyridine rings is 1. The number of carbonyl (C=O) groups is 2. The van der Waals surface area contributed by atoms with Crippen molar-refractivity contribution in [2.24, 2.45) is 4.99 Å². The third-order valence-corrected chi connectivity index (χ3v) is 5.98. The van der Waals surface area contributed by atoms with Crippen LogP contribution >= 0.6 is 23.2 Å². The van der Waals surface area contributed by atoms with Crippen LogP contribution in [-0.4, -0.2) is 47.5 Å². The number of rotatable bonds is 6. The smallest absolute Gasteiger partial charge is 0.257 e. The molecule has 2 heterocycles. The number of Topliss-reactive ketones (excluding diaryl/α,β-unsaturated/α-hetero) is 1. The number of aryl methyl sites for hydroxylation is 1. The maximum atomic E-state index is 13.1. The molecule has 0 spiro atoms. The first kappa shape index (κ1) is 23.0. The summed E-state index contributed by atoms with van der Waals surface area (Å²) in [5.41, 5.74) is 3.14. The Balaban J connectivity index is 1.56. The van der Waals surface area contributed by atoms with E-state index < -0.39 is 5.91 Å². The Morgan fingerprint density at radius 2 is 1.85 bits per heavy atom. The number of aromatic nitrogens is 1. The van der Waals surface area contributed by atoms with E-state index in [-0.39, 0.29) is 12.2 Å². The normalized spacial score (nSPS) is 13.1. The Labute approximate surface area is 202 Å². The van der Waals surface area contributed by atoms with Crippen molar-refractivity contribution in [2.45, 2.75) is 13.3 Å². The molecule has 1 amide bonds. The molecule has 0 bridgehead atoms. The quantitative estimate of drug-likeness (QED) is 0.499. The molecule has 0 saturated heterocycles. The van der Waals surface area contributed by atoms with Crippen LogP contribution < -0.4 is 5.32 Å². The van der Waals surface area contributed by atoms with Gasteiger partial charge >= 0.3 is 0 Å². The van der Waals surface area contributed by atoms with Crippen LogP contribution in [0.1, 0.15) is 37.4 Å². The van der Waals surface area contributed by atoms with Crippen LogP contribution in [0.2, 0.25) is 10.0 Å². The minimum absolute atomic E-state index is 0.00386. The zero-order valence-corrected chi connectivity index (χ0v) is 19.7. The number of hydrogen-bond donors (Lipinski definition) is 1. The Bertz CT molecular complexity index is 1240. The van der Waals surface area contributed by atoms with Crippen LogP contribution in [0.25, 0.3) is 0 Å². The van der Waals surface area contributed by atoms with Gasteiger partial charge in [0.25, 0.3) is 5.91 Å². The summed E-state index contributed by atoms with van der Waals surface area (Å²) >= 11 is 12.3. The highest BCUT2D eigenvalue weighted by atomic mass is 35.5. The van der Waals surface area contributed by atoms with Gasteiger partial charge in [-0.3, -0.25) is 14.6 Å². The number of likely N-dealkylation sites (N-methyl/N-ethyl adjacent to an activating group) is 1. The first-order valence-electron chi connectivity index (χ1n) is 10.4. The van der Waals surface area contributed by atoms with Crippen LogP contribution in [0.3, 0.4) is 0 Å². The van der Waals surface area contributed by atoms with Gasteiger partial charge in [0, 0.05) is 47.9 Å². The fourth-order valence-electron chi connectivity index (χ4n) is 3.70. The van der Waals surface area contributed by atoms with E-state index in [1.54, 1.807) is 36.4 Å². The van der Waals surface area contributed by atoms with Gasteiger partial charge in [-0.05, 0) is 42.3 Å². The van der Waals surface area contributed by atoms with Crippen LogP contribution in [0.5, 0.6) is 0 Å². The summed E-state index contributed by atoms with van der Waals surface area (Å²) in [5.74, 6) is 0.753. The highest BCUT2D eigenvalue weighted by molar-refractivity contribution is 6.32. The molecular formula is C25H22Cl2N4O2. The van der Waals surface area contributed by atoms with Gasteiger partial charge in [0.15, 0.2) is 5.78 Å². The zero-order valence-electron chi connectivity index (χ0n) is 18.2. The maximum Gasteiger partial charge on any atom is 0.257 e. The van der Waals surface area contributed by atoms with Gasteiger partial charge in [0.2, 0.25) is 0 Å². The number of ketones is 1. The predicted octanol–water partition coefficient (Wildman–Crippen LogP) is 5.07. The Hall–Kier alpha value is -3.22. The predicted molar refractivity (Wildman–Crippen MR) is 132 cm³/mol. The van der Waals surface area contributed by atoms with Crippen LogP contribution in [0.4, 0.5) is 5.82 Å². The van der Waals surface area contributed by atoms with Gasteiger partial charge < -0.3 is 10.2 Å². The Morgan fingerprint density at radius 3 is 2.48 bits per heavy atom. The SMILES string of the molecule is Cc1cc(Cl)c(CC(=O)c2ccc(C3=NCCN3C)cc2)c(C(=O)Nc2ccc(Cl)cn2)c1. The molecule has 0 radical (unpaired) electrons. The van der Waals surface area contributed by atoms with Crippen molar-refractivity contribution in [1.82, 2.24) is 9.88 Å². The summed E-state index contributed by atoms with van der Waals surface area (Å²) < 4.78 is 0. The number of benzene rings is 2. The van der Waals surface area contributed by atoms with Gasteiger partial charge in [0.1, 0.15) is 11.7 Å². The summed E-state index contributed by atoms with van der Waals surface area (Å²) in [4.78, 5) is 36.7. The molecular weight excluding hydrogens is 459 g/mol. The largest absolute Gasteiger partial charge is 0.358 e. The molecule has 1 N–H and O–H groups in total. The van der Waals surface area contributed by atoms with E-state index in [0.29, 0.717) is 32.6 Å². The molecule has 4 rings (SSSR count). The van der Waals surface area contributed by atoms with Gasteiger partial charge in [0.05, 0.1) is 11.6 Å². The molecule has 8 heteroatoms. The van der Waals surface area contributed by atoms with E-state index in [0.717, 1.165) is 30.1 Å². The molecule has 0 aliphatic carbocycles. The number of amides is 1. The average Bonchev–Trinajstić information content (AvgIpc) is 3.22. The van der Waals surface area contributed by atoms with Gasteiger partial charge in [-0.2, -0.15) is 0 Å². The lowest BCUT2D eigenvalue weighted by Gasteiger charge is -2.14. The number of halogens is 2. The summed E-state index contributed by atoms with van der Waals surface area (Å²) in [6.07, 6.45) is 1.44. The third-order valence-electron chi connectivity index (χ3n) is 5.41. The first-order valence-corrected chi connectivity index (χ1v) is 11.2. The van der Waals surface area contributed by atoms with Crippen molar-refractivity contribution in [3.63, 3.8) is 0 Å². The summed E-state index contributed by atoms with van der Waals surface area (Å²) in [7, 11) is 2.00. The molecule has 6 nitrogen and oxygen atoms in total. The number of amidine groups is 1. The standard InChI is InChI=1S/C25H22Cl2N4O2/c1-15-11-20(25(33)30-23-8-7-18(26)14-29-23)19(21(27)12-15)13-22(32)16-3-5-17(6-4-16)24-28-9-10-31(24)2/h3-8,11-12,14H,9-10,13H2,1-2H3,(H,29,30,33). The second-order valence-corrected chi connectivity index (χ2v) is 8.74. The molecule has 33 heavy (non-hydrogen) atoms. The lowest BCUT2D eigenvalue weighted by Crippen LogP contribution is -2.23. The average molecular weight is 481 g/mol. The number of aliphatic imine (C=N–C) groups is 1. The van der Waals surface area contributed by atoms with E-state index in [2.05, 4.69) is 20.2 Å². The number of anilines is 1. The minimum Gasteiger partial charge on any atom is -0.358 e. The van der Waals surface area contributed by atoms with E-state index in [4.69, 9.17) is 23.2 Å². The maximum absolute atomic E-state index is 13.1. The third kappa shape index (κ3) is 5.24. The van der Waals surface area contributed by atoms with E-state index in [1.807, 2.05) is 26.1 Å². The van der Waals surface area contributed by atoms with Gasteiger partial charge in [-0.15, -0.1) is 0 Å². The fraction of sp³-hybridized carbons (Fsp3) is 0.200. The monoisotopic (exact) mass is 480 g/mol. The number of nitrogens with zero attached hydrogens (tertiary/aromatic N) is 3. The fourth-order valence-corrected chi connectivity index (χ4v) is 4.15. The van der Waals surface area contributed by atoms with E-state index >= 15 is 0 Å². The molecule has 1 aromatic heterocycles. The topological polar surface area (TPSA) is 74.7 Å². The first-order chi connectivity index (χ1) is 15.8. The summed E-state index contributed by atoms with van der Waals surface area (Å²) in [5, 5.41) is 3.58. The van der Waals surface area contributed by atoms with Crippen LogP contribution in [-0.2, 0) is 6.42 Å². The molecule has 2 aromatic carbocycles. The minimum atomic E-state index is -0.393. The number of hydrogen-bond acceptors (Lipinski definition) is 5. The molecule has 0 atom stereocenters. The second kappa shape index (κ2) is 9.73. The molecule has 168 valence electrons. The Kier molecular flexibility index (Phi) is 6.77. The van der Waals surface area contributed by atoms with Crippen LogP contribution in [0, 0.1) is 6.92 Å². The number of nitrogens with one attached hydrogen (secondary N) is 1. The molecule has 0 saturated carbocycles. The molecule has 3 aromatic rings. The van der Waals surface area contributed by atoms with E-state index in [9.17, 15) is 9.59 Å². The molecule has 0 unspecified atom stereocenters.